The molecule has 1 heterocycles. The number of carbonyl (C=O) groups is 1. The fraction of sp³-hybridized carbons (Fsp3) is 0.600. The van der Waals surface area contributed by atoms with E-state index in [-0.39, 0.29) is 28.9 Å². The highest BCUT2D eigenvalue weighted by molar-refractivity contribution is 6.34. The Kier molecular flexibility index (Phi) is 6.89. The summed E-state index contributed by atoms with van der Waals surface area (Å²) in [6, 6.07) is 3.15. The Balaban J connectivity index is 1.79. The normalized spacial score (nSPS) is 21.6. The molecule has 0 spiro atoms. The summed E-state index contributed by atoms with van der Waals surface area (Å²) in [7, 11) is 1.66. The van der Waals surface area contributed by atoms with Crippen molar-refractivity contribution in [1.82, 2.24) is 10.3 Å². The molecule has 1 saturated carbocycles. The Bertz CT molecular complexity index is 485. The minimum Gasteiger partial charge on any atom is -0.382 e. The second kappa shape index (κ2) is 8.67. The molecule has 0 aromatic carbocycles. The van der Waals surface area contributed by atoms with Crippen molar-refractivity contribution in [3.63, 3.8) is 0 Å². The Morgan fingerprint density at radius 1 is 1.27 bits per heavy atom. The van der Waals surface area contributed by atoms with E-state index in [2.05, 4.69) is 10.3 Å². The average molecular weight is 347 g/mol. The molecular weight excluding hydrogens is 327 g/mol. The van der Waals surface area contributed by atoms with Crippen LogP contribution in [0.2, 0.25) is 10.2 Å². The van der Waals surface area contributed by atoms with Gasteiger partial charge in [0.15, 0.2) is 0 Å². The van der Waals surface area contributed by atoms with Crippen LogP contribution in [0.3, 0.4) is 0 Å². The summed E-state index contributed by atoms with van der Waals surface area (Å²) in [5, 5.41) is 3.60. The van der Waals surface area contributed by atoms with Crippen LogP contribution in [0, 0.1) is 0 Å². The van der Waals surface area contributed by atoms with Crippen LogP contribution < -0.4 is 5.32 Å². The number of aromatic nitrogens is 1. The summed E-state index contributed by atoms with van der Waals surface area (Å²) in [6.07, 6.45) is 3.88. The molecule has 5 nitrogen and oxygen atoms in total. The van der Waals surface area contributed by atoms with E-state index in [9.17, 15) is 4.79 Å². The number of nitrogens with zero attached hydrogens (tertiary/aromatic N) is 1. The van der Waals surface area contributed by atoms with Gasteiger partial charge in [-0.1, -0.05) is 23.2 Å². The first-order valence-corrected chi connectivity index (χ1v) is 8.08. The summed E-state index contributed by atoms with van der Waals surface area (Å²) < 4.78 is 10.7. The third-order valence-electron chi connectivity index (χ3n) is 3.64. The highest BCUT2D eigenvalue weighted by atomic mass is 35.5. The smallest absolute Gasteiger partial charge is 0.270 e. The number of amides is 1. The highest BCUT2D eigenvalue weighted by Crippen LogP contribution is 2.22. The molecule has 1 amide bonds. The highest BCUT2D eigenvalue weighted by Gasteiger charge is 2.23. The van der Waals surface area contributed by atoms with Crippen molar-refractivity contribution >= 4 is 29.1 Å². The minimum atomic E-state index is -0.242. The van der Waals surface area contributed by atoms with Crippen LogP contribution in [0.4, 0.5) is 0 Å². The van der Waals surface area contributed by atoms with E-state index < -0.39 is 0 Å². The third-order valence-corrected chi connectivity index (χ3v) is 4.05. The van der Waals surface area contributed by atoms with Crippen LogP contribution in [0.1, 0.15) is 36.2 Å². The molecule has 122 valence electrons. The summed E-state index contributed by atoms with van der Waals surface area (Å²) in [4.78, 5) is 16.2. The van der Waals surface area contributed by atoms with Gasteiger partial charge in [0.05, 0.1) is 19.3 Å². The molecule has 1 fully saturated rings. The van der Waals surface area contributed by atoms with E-state index in [1.54, 1.807) is 7.11 Å². The molecule has 1 aliphatic carbocycles. The number of pyridine rings is 1. The second-order valence-corrected chi connectivity index (χ2v) is 6.13. The number of methoxy groups -OCH3 is 1. The van der Waals surface area contributed by atoms with Gasteiger partial charge in [-0.15, -0.1) is 0 Å². The minimum absolute atomic E-state index is 0.134. The summed E-state index contributed by atoms with van der Waals surface area (Å²) >= 11 is 11.7. The number of rotatable bonds is 6. The van der Waals surface area contributed by atoms with E-state index in [0.29, 0.717) is 18.2 Å². The predicted octanol–water partition coefficient (Wildman–Crippen LogP) is 3.09. The lowest BCUT2D eigenvalue weighted by atomic mass is 9.93. The lowest BCUT2D eigenvalue weighted by molar-refractivity contribution is -0.00409. The lowest BCUT2D eigenvalue weighted by Gasteiger charge is -2.29. The standard InChI is InChI=1S/C15H20Cl2N2O3/c1-21-6-7-22-12-4-2-11(3-5-12)18-15(20)13-8-10(16)9-14(17)19-13/h8-9,11-12H,2-7H2,1H3,(H,18,20)/t11-,12-. The van der Waals surface area contributed by atoms with Crippen LogP contribution in [0.25, 0.3) is 0 Å². The molecule has 1 aromatic heterocycles. The Hall–Kier alpha value is -0.880. The molecule has 7 heteroatoms. The second-order valence-electron chi connectivity index (χ2n) is 5.30. The van der Waals surface area contributed by atoms with Gasteiger partial charge >= 0.3 is 0 Å². The van der Waals surface area contributed by atoms with Gasteiger partial charge in [0, 0.05) is 18.2 Å². The van der Waals surface area contributed by atoms with Crippen molar-refractivity contribution in [2.45, 2.75) is 37.8 Å². The number of hydrogen-bond acceptors (Lipinski definition) is 4. The van der Waals surface area contributed by atoms with Gasteiger partial charge < -0.3 is 14.8 Å². The van der Waals surface area contributed by atoms with Crippen LogP contribution in [0.15, 0.2) is 12.1 Å². The predicted molar refractivity (Wildman–Crippen MR) is 85.6 cm³/mol. The van der Waals surface area contributed by atoms with Crippen molar-refractivity contribution in [1.29, 1.82) is 0 Å². The van der Waals surface area contributed by atoms with Gasteiger partial charge in [0.25, 0.3) is 5.91 Å². The number of halogens is 2. The fourth-order valence-corrected chi connectivity index (χ4v) is 2.98. The van der Waals surface area contributed by atoms with Gasteiger partial charge in [0.2, 0.25) is 0 Å². The monoisotopic (exact) mass is 346 g/mol. The van der Waals surface area contributed by atoms with Crippen molar-refractivity contribution in [2.75, 3.05) is 20.3 Å². The molecule has 1 aromatic rings. The van der Waals surface area contributed by atoms with E-state index in [0.717, 1.165) is 25.7 Å². The quantitative estimate of drug-likeness (QED) is 0.635. The molecule has 0 radical (unpaired) electrons. The molecule has 0 saturated heterocycles. The van der Waals surface area contributed by atoms with E-state index in [4.69, 9.17) is 32.7 Å². The average Bonchev–Trinajstić information content (AvgIpc) is 2.48. The van der Waals surface area contributed by atoms with Crippen molar-refractivity contribution in [3.8, 4) is 0 Å². The maximum Gasteiger partial charge on any atom is 0.270 e. The first-order chi connectivity index (χ1) is 10.6. The first kappa shape index (κ1) is 17.5. The molecule has 0 bridgehead atoms. The first-order valence-electron chi connectivity index (χ1n) is 7.33. The number of carbonyl (C=O) groups excluding carboxylic acids is 1. The SMILES string of the molecule is COCCO[C@H]1CC[C@H](NC(=O)c2cc(Cl)cc(Cl)n2)CC1. The van der Waals surface area contributed by atoms with Crippen LogP contribution in [0.5, 0.6) is 0 Å². The Labute approximate surface area is 140 Å². The zero-order valence-corrected chi connectivity index (χ0v) is 14.0. The zero-order chi connectivity index (χ0) is 15.9. The van der Waals surface area contributed by atoms with Gasteiger partial charge in [0.1, 0.15) is 10.8 Å². The largest absolute Gasteiger partial charge is 0.382 e. The molecule has 0 unspecified atom stereocenters. The van der Waals surface area contributed by atoms with Crippen molar-refractivity contribution in [3.05, 3.63) is 28.0 Å². The molecule has 0 atom stereocenters. The fourth-order valence-electron chi connectivity index (χ4n) is 2.51. The van der Waals surface area contributed by atoms with Gasteiger partial charge in [-0.2, -0.15) is 0 Å². The zero-order valence-electron chi connectivity index (χ0n) is 12.5. The van der Waals surface area contributed by atoms with Crippen LogP contribution >= 0.6 is 23.2 Å². The van der Waals surface area contributed by atoms with Gasteiger partial charge in [-0.3, -0.25) is 4.79 Å². The molecule has 2 rings (SSSR count). The van der Waals surface area contributed by atoms with Crippen LogP contribution in [-0.4, -0.2) is 43.4 Å². The molecular formula is C15H20Cl2N2O3. The number of ether oxygens (including phenoxy) is 2. The number of nitrogens with one attached hydrogen (secondary N) is 1. The Morgan fingerprint density at radius 2 is 2.00 bits per heavy atom. The van der Waals surface area contributed by atoms with Crippen molar-refractivity contribution in [2.24, 2.45) is 0 Å². The van der Waals surface area contributed by atoms with Gasteiger partial charge in [-0.05, 0) is 37.8 Å². The van der Waals surface area contributed by atoms with Crippen molar-refractivity contribution < 1.29 is 14.3 Å². The lowest BCUT2D eigenvalue weighted by Crippen LogP contribution is -2.39. The maximum absolute atomic E-state index is 12.2. The van der Waals surface area contributed by atoms with E-state index in [1.807, 2.05) is 0 Å². The summed E-state index contributed by atoms with van der Waals surface area (Å²) in [6.45, 7) is 1.22. The molecule has 1 N–H and O–H groups in total. The Morgan fingerprint density at radius 3 is 2.64 bits per heavy atom. The molecule has 0 aliphatic heterocycles. The van der Waals surface area contributed by atoms with E-state index >= 15 is 0 Å². The molecule has 22 heavy (non-hydrogen) atoms. The topological polar surface area (TPSA) is 60.5 Å². The summed E-state index contributed by atoms with van der Waals surface area (Å²) in [5.74, 6) is -0.242. The maximum atomic E-state index is 12.2. The summed E-state index contributed by atoms with van der Waals surface area (Å²) in [5.41, 5.74) is 0.246. The number of hydrogen-bond donors (Lipinski definition) is 1. The van der Waals surface area contributed by atoms with Gasteiger partial charge in [-0.25, -0.2) is 4.98 Å². The van der Waals surface area contributed by atoms with E-state index in [1.165, 1.54) is 12.1 Å². The van der Waals surface area contributed by atoms with Crippen LogP contribution in [-0.2, 0) is 9.47 Å². The molecule has 1 aliphatic rings. The third kappa shape index (κ3) is 5.39.